The van der Waals surface area contributed by atoms with Gasteiger partial charge in [0, 0.05) is 18.7 Å². The normalized spacial score (nSPS) is 23.7. The van der Waals surface area contributed by atoms with Gasteiger partial charge < -0.3 is 5.32 Å². The fourth-order valence-electron chi connectivity index (χ4n) is 3.59. The van der Waals surface area contributed by atoms with Gasteiger partial charge in [-0.15, -0.1) is 0 Å². The second-order valence-electron chi connectivity index (χ2n) is 6.52. The molecule has 0 radical (unpaired) electrons. The summed E-state index contributed by atoms with van der Waals surface area (Å²) in [6.45, 7) is 2.40. The van der Waals surface area contributed by atoms with Crippen LogP contribution in [0, 0.1) is 11.8 Å². The van der Waals surface area contributed by atoms with Gasteiger partial charge in [0.25, 0.3) is 0 Å². The first-order chi connectivity index (χ1) is 9.28. The standard InChI is InChI=1S/C16H27N3/c1-12(13-7-8-13)16(17-2)11-14-9-10-19(18-14)15-5-3-4-6-15/h9-10,12-13,15-17H,3-8,11H2,1-2H3. The third-order valence-corrected chi connectivity index (χ3v) is 5.16. The zero-order valence-corrected chi connectivity index (χ0v) is 12.3. The first-order valence-electron chi connectivity index (χ1n) is 7.99. The Bertz CT molecular complexity index is 402. The van der Waals surface area contributed by atoms with Crippen LogP contribution in [-0.2, 0) is 6.42 Å². The van der Waals surface area contributed by atoms with Gasteiger partial charge in [0.05, 0.1) is 11.7 Å². The van der Waals surface area contributed by atoms with Crippen molar-refractivity contribution < 1.29 is 0 Å². The van der Waals surface area contributed by atoms with Crippen LogP contribution in [0.4, 0.5) is 0 Å². The number of rotatable bonds is 6. The molecule has 106 valence electrons. The maximum absolute atomic E-state index is 4.82. The summed E-state index contributed by atoms with van der Waals surface area (Å²) < 4.78 is 2.22. The van der Waals surface area contributed by atoms with E-state index in [0.717, 1.165) is 18.3 Å². The molecule has 1 aromatic rings. The lowest BCUT2D eigenvalue weighted by Crippen LogP contribution is -2.35. The van der Waals surface area contributed by atoms with E-state index >= 15 is 0 Å². The third kappa shape index (κ3) is 3.02. The molecule has 0 aromatic carbocycles. The highest BCUT2D eigenvalue weighted by atomic mass is 15.3. The van der Waals surface area contributed by atoms with Gasteiger partial charge in [0.2, 0.25) is 0 Å². The van der Waals surface area contributed by atoms with Gasteiger partial charge in [0.15, 0.2) is 0 Å². The van der Waals surface area contributed by atoms with Gasteiger partial charge in [-0.05, 0) is 50.6 Å². The van der Waals surface area contributed by atoms with Crippen LogP contribution in [0.2, 0.25) is 0 Å². The van der Waals surface area contributed by atoms with Crippen molar-refractivity contribution in [1.29, 1.82) is 0 Å². The molecule has 3 heteroatoms. The Balaban J connectivity index is 1.61. The van der Waals surface area contributed by atoms with Crippen molar-refractivity contribution in [2.24, 2.45) is 11.8 Å². The highest BCUT2D eigenvalue weighted by Crippen LogP contribution is 2.38. The molecule has 2 aliphatic carbocycles. The number of likely N-dealkylation sites (N-methyl/N-ethyl adjacent to an activating group) is 1. The molecule has 3 nitrogen and oxygen atoms in total. The van der Waals surface area contributed by atoms with Crippen LogP contribution in [0.3, 0.4) is 0 Å². The van der Waals surface area contributed by atoms with Gasteiger partial charge in [-0.2, -0.15) is 5.10 Å². The Morgan fingerprint density at radius 1 is 1.32 bits per heavy atom. The van der Waals surface area contributed by atoms with Crippen molar-refractivity contribution in [3.63, 3.8) is 0 Å². The summed E-state index contributed by atoms with van der Waals surface area (Å²) in [4.78, 5) is 0. The second kappa shape index (κ2) is 5.66. The minimum absolute atomic E-state index is 0.583. The highest BCUT2D eigenvalue weighted by molar-refractivity contribution is 5.04. The van der Waals surface area contributed by atoms with Crippen LogP contribution in [0.5, 0.6) is 0 Å². The molecule has 2 saturated carbocycles. The van der Waals surface area contributed by atoms with Crippen LogP contribution in [0.15, 0.2) is 12.3 Å². The Kier molecular flexibility index (Phi) is 3.92. The highest BCUT2D eigenvalue weighted by Gasteiger charge is 2.33. The molecular formula is C16H27N3. The lowest BCUT2D eigenvalue weighted by atomic mass is 9.93. The van der Waals surface area contributed by atoms with E-state index in [9.17, 15) is 0 Å². The van der Waals surface area contributed by atoms with Crippen molar-refractivity contribution >= 4 is 0 Å². The maximum Gasteiger partial charge on any atom is 0.0640 e. The minimum Gasteiger partial charge on any atom is -0.316 e. The number of hydrogen-bond acceptors (Lipinski definition) is 2. The van der Waals surface area contributed by atoms with Gasteiger partial charge in [-0.3, -0.25) is 4.68 Å². The van der Waals surface area contributed by atoms with E-state index in [1.54, 1.807) is 0 Å². The number of nitrogens with zero attached hydrogens (tertiary/aromatic N) is 2. The summed E-state index contributed by atoms with van der Waals surface area (Å²) in [5, 5.41) is 8.32. The molecule has 1 heterocycles. The van der Waals surface area contributed by atoms with Crippen molar-refractivity contribution in [1.82, 2.24) is 15.1 Å². The third-order valence-electron chi connectivity index (χ3n) is 5.16. The quantitative estimate of drug-likeness (QED) is 0.852. The molecule has 0 aliphatic heterocycles. The fourth-order valence-corrected chi connectivity index (χ4v) is 3.59. The van der Waals surface area contributed by atoms with Crippen molar-refractivity contribution in [2.75, 3.05) is 7.05 Å². The van der Waals surface area contributed by atoms with Crippen LogP contribution in [0.25, 0.3) is 0 Å². The molecule has 3 rings (SSSR count). The summed E-state index contributed by atoms with van der Waals surface area (Å²) in [5.74, 6) is 1.73. The average Bonchev–Trinajstić information content (AvgIpc) is 2.93. The number of hydrogen-bond donors (Lipinski definition) is 1. The summed E-state index contributed by atoms with van der Waals surface area (Å²) in [6.07, 6.45) is 11.5. The Morgan fingerprint density at radius 3 is 2.68 bits per heavy atom. The van der Waals surface area contributed by atoms with E-state index in [-0.39, 0.29) is 0 Å². The van der Waals surface area contributed by atoms with Crippen LogP contribution >= 0.6 is 0 Å². The van der Waals surface area contributed by atoms with Crippen LogP contribution in [-0.4, -0.2) is 22.9 Å². The SMILES string of the molecule is CNC(Cc1ccn(C2CCCC2)n1)C(C)C1CC1. The van der Waals surface area contributed by atoms with E-state index in [4.69, 9.17) is 5.10 Å². The zero-order chi connectivity index (χ0) is 13.2. The number of aromatic nitrogens is 2. The van der Waals surface area contributed by atoms with Gasteiger partial charge in [-0.1, -0.05) is 19.8 Å². The van der Waals surface area contributed by atoms with E-state index in [0.29, 0.717) is 12.1 Å². The Labute approximate surface area is 116 Å². The first-order valence-corrected chi connectivity index (χ1v) is 7.99. The molecule has 19 heavy (non-hydrogen) atoms. The first kappa shape index (κ1) is 13.2. The number of nitrogens with one attached hydrogen (secondary N) is 1. The smallest absolute Gasteiger partial charge is 0.0640 e. The Morgan fingerprint density at radius 2 is 2.05 bits per heavy atom. The largest absolute Gasteiger partial charge is 0.316 e. The molecule has 2 unspecified atom stereocenters. The van der Waals surface area contributed by atoms with E-state index in [1.807, 2.05) is 0 Å². The van der Waals surface area contributed by atoms with Crippen LogP contribution < -0.4 is 5.32 Å². The minimum atomic E-state index is 0.583. The van der Waals surface area contributed by atoms with Crippen molar-refractivity contribution in [3.8, 4) is 0 Å². The van der Waals surface area contributed by atoms with Crippen molar-refractivity contribution in [2.45, 2.75) is 64.0 Å². The van der Waals surface area contributed by atoms with Gasteiger partial charge >= 0.3 is 0 Å². The van der Waals surface area contributed by atoms with E-state index in [2.05, 4.69) is 36.2 Å². The molecular weight excluding hydrogens is 234 g/mol. The summed E-state index contributed by atoms with van der Waals surface area (Å²) in [5.41, 5.74) is 1.26. The Hall–Kier alpha value is -0.830. The monoisotopic (exact) mass is 261 g/mol. The molecule has 0 saturated heterocycles. The van der Waals surface area contributed by atoms with Crippen LogP contribution in [0.1, 0.15) is 57.2 Å². The van der Waals surface area contributed by atoms with Gasteiger partial charge in [-0.25, -0.2) is 0 Å². The van der Waals surface area contributed by atoms with E-state index < -0.39 is 0 Å². The summed E-state index contributed by atoms with van der Waals surface area (Å²) in [6, 6.07) is 3.48. The lowest BCUT2D eigenvalue weighted by Gasteiger charge is -2.22. The maximum atomic E-state index is 4.82. The molecule has 0 bridgehead atoms. The predicted molar refractivity (Wildman–Crippen MR) is 78.2 cm³/mol. The molecule has 0 spiro atoms. The second-order valence-corrected chi connectivity index (χ2v) is 6.52. The van der Waals surface area contributed by atoms with Gasteiger partial charge in [0.1, 0.15) is 0 Å². The predicted octanol–water partition coefficient (Wildman–Crippen LogP) is 3.17. The molecule has 1 aromatic heterocycles. The molecule has 1 N–H and O–H groups in total. The zero-order valence-electron chi connectivity index (χ0n) is 12.3. The van der Waals surface area contributed by atoms with Crippen molar-refractivity contribution in [3.05, 3.63) is 18.0 Å². The molecule has 2 fully saturated rings. The fraction of sp³-hybridized carbons (Fsp3) is 0.812. The summed E-state index contributed by atoms with van der Waals surface area (Å²) in [7, 11) is 2.09. The van der Waals surface area contributed by atoms with E-state index in [1.165, 1.54) is 44.2 Å². The molecule has 0 amide bonds. The average molecular weight is 261 g/mol. The topological polar surface area (TPSA) is 29.9 Å². The molecule has 2 aliphatic rings. The summed E-state index contributed by atoms with van der Waals surface area (Å²) >= 11 is 0. The molecule has 2 atom stereocenters. The lowest BCUT2D eigenvalue weighted by molar-refractivity contribution is 0.353.